The van der Waals surface area contributed by atoms with E-state index in [0.717, 1.165) is 10.5 Å². The first-order chi connectivity index (χ1) is 16.3. The van der Waals surface area contributed by atoms with Crippen molar-refractivity contribution in [1.82, 2.24) is 4.90 Å². The average molecular weight is 474 g/mol. The number of Topliss-reactive ketones (excluding diaryl/α,β-unsaturated/α-hetero) is 1. The molecule has 0 fully saturated rings. The second kappa shape index (κ2) is 9.72. The predicted molar refractivity (Wildman–Crippen MR) is 129 cm³/mol. The van der Waals surface area contributed by atoms with Crippen LogP contribution in [0.25, 0.3) is 0 Å². The first-order valence-corrected chi connectivity index (χ1v) is 10.8. The smallest absolute Gasteiger partial charge is 0.279 e. The van der Waals surface area contributed by atoms with E-state index in [2.05, 4.69) is 10.6 Å². The summed E-state index contributed by atoms with van der Waals surface area (Å²) >= 11 is 6.16. The summed E-state index contributed by atoms with van der Waals surface area (Å²) in [6.07, 6.45) is 0. The third-order valence-electron chi connectivity index (χ3n) is 5.24. The summed E-state index contributed by atoms with van der Waals surface area (Å²) in [6, 6.07) is 22.2. The number of imide groups is 1. The fourth-order valence-corrected chi connectivity index (χ4v) is 3.66. The van der Waals surface area contributed by atoms with Gasteiger partial charge in [0, 0.05) is 22.5 Å². The molecule has 0 bridgehead atoms. The Kier molecular flexibility index (Phi) is 6.56. The maximum atomic E-state index is 12.8. The van der Waals surface area contributed by atoms with Crippen molar-refractivity contribution >= 4 is 46.5 Å². The molecule has 1 heterocycles. The number of anilines is 2. The van der Waals surface area contributed by atoms with E-state index in [1.165, 1.54) is 6.92 Å². The third kappa shape index (κ3) is 4.89. The zero-order valence-electron chi connectivity index (χ0n) is 18.2. The maximum absolute atomic E-state index is 12.8. The fourth-order valence-electron chi connectivity index (χ4n) is 3.43. The quantitative estimate of drug-likeness (QED) is 0.387. The van der Waals surface area contributed by atoms with Gasteiger partial charge in [-0.05, 0) is 48.9 Å². The summed E-state index contributed by atoms with van der Waals surface area (Å²) in [5, 5.41) is 5.45. The van der Waals surface area contributed by atoms with Gasteiger partial charge in [0.2, 0.25) is 0 Å². The van der Waals surface area contributed by atoms with E-state index < -0.39 is 11.8 Å². The number of carbonyl (C=O) groups is 4. The van der Waals surface area contributed by atoms with Gasteiger partial charge in [-0.2, -0.15) is 0 Å². The minimum Gasteiger partial charge on any atom is -0.350 e. The largest absolute Gasteiger partial charge is 0.350 e. The van der Waals surface area contributed by atoms with E-state index in [-0.39, 0.29) is 29.0 Å². The van der Waals surface area contributed by atoms with Crippen molar-refractivity contribution in [3.05, 3.63) is 106 Å². The van der Waals surface area contributed by atoms with E-state index in [1.807, 2.05) is 30.3 Å². The first-order valence-electron chi connectivity index (χ1n) is 10.4. The van der Waals surface area contributed by atoms with Gasteiger partial charge in [0.05, 0.1) is 6.54 Å². The molecule has 0 saturated heterocycles. The van der Waals surface area contributed by atoms with Crippen LogP contribution in [0.1, 0.15) is 33.2 Å². The molecule has 0 aromatic heterocycles. The normalized spacial score (nSPS) is 13.3. The number of hydrogen-bond acceptors (Lipinski definition) is 5. The molecule has 7 nitrogen and oxygen atoms in total. The van der Waals surface area contributed by atoms with Crippen molar-refractivity contribution in [1.29, 1.82) is 0 Å². The number of nitrogens with zero attached hydrogens (tertiary/aromatic N) is 1. The van der Waals surface area contributed by atoms with Crippen LogP contribution in [-0.4, -0.2) is 28.4 Å². The second-order valence-electron chi connectivity index (χ2n) is 7.66. The van der Waals surface area contributed by atoms with E-state index in [4.69, 9.17) is 11.6 Å². The summed E-state index contributed by atoms with van der Waals surface area (Å²) < 4.78 is 0. The number of nitrogens with one attached hydrogen (secondary N) is 2. The summed E-state index contributed by atoms with van der Waals surface area (Å²) in [4.78, 5) is 50.5. The van der Waals surface area contributed by atoms with Crippen LogP contribution in [-0.2, 0) is 16.1 Å². The molecule has 0 spiro atoms. The van der Waals surface area contributed by atoms with Crippen molar-refractivity contribution in [3.8, 4) is 0 Å². The van der Waals surface area contributed by atoms with Crippen LogP contribution >= 0.6 is 11.6 Å². The van der Waals surface area contributed by atoms with Gasteiger partial charge in [0.15, 0.2) is 5.78 Å². The van der Waals surface area contributed by atoms with Crippen LogP contribution < -0.4 is 10.6 Å². The van der Waals surface area contributed by atoms with Gasteiger partial charge in [-0.15, -0.1) is 0 Å². The van der Waals surface area contributed by atoms with Crippen molar-refractivity contribution in [2.75, 3.05) is 10.6 Å². The molecule has 0 aliphatic carbocycles. The van der Waals surface area contributed by atoms with E-state index in [9.17, 15) is 19.2 Å². The van der Waals surface area contributed by atoms with Crippen molar-refractivity contribution in [2.45, 2.75) is 13.5 Å². The number of halogens is 1. The number of amides is 3. The Hall–Kier alpha value is -4.23. The minimum absolute atomic E-state index is 0.0131. The van der Waals surface area contributed by atoms with Gasteiger partial charge >= 0.3 is 0 Å². The number of ketones is 1. The molecule has 34 heavy (non-hydrogen) atoms. The highest BCUT2D eigenvalue weighted by molar-refractivity contribution is 6.48. The highest BCUT2D eigenvalue weighted by Crippen LogP contribution is 2.27. The molecule has 1 aliphatic rings. The predicted octanol–water partition coefficient (Wildman–Crippen LogP) is 4.57. The van der Waals surface area contributed by atoms with E-state index >= 15 is 0 Å². The van der Waals surface area contributed by atoms with Crippen LogP contribution in [0.4, 0.5) is 11.4 Å². The highest BCUT2D eigenvalue weighted by atomic mass is 35.5. The molecular weight excluding hydrogens is 454 g/mol. The number of hydrogen-bond donors (Lipinski definition) is 2. The molecule has 0 radical (unpaired) electrons. The fraction of sp³-hybridized carbons (Fsp3) is 0.0769. The lowest BCUT2D eigenvalue weighted by molar-refractivity contribution is -0.138. The zero-order valence-corrected chi connectivity index (χ0v) is 18.9. The lowest BCUT2D eigenvalue weighted by atomic mass is 10.1. The molecule has 3 amide bonds. The van der Waals surface area contributed by atoms with E-state index in [0.29, 0.717) is 22.5 Å². The molecule has 0 atom stereocenters. The van der Waals surface area contributed by atoms with E-state index in [1.54, 1.807) is 48.5 Å². The Bertz CT molecular complexity index is 1320. The Labute approximate surface area is 201 Å². The van der Waals surface area contributed by atoms with Crippen LogP contribution in [0.2, 0.25) is 0 Å². The van der Waals surface area contributed by atoms with Gasteiger partial charge < -0.3 is 10.6 Å². The van der Waals surface area contributed by atoms with Crippen LogP contribution in [0.5, 0.6) is 0 Å². The van der Waals surface area contributed by atoms with Gasteiger partial charge in [0.1, 0.15) is 10.7 Å². The molecule has 170 valence electrons. The number of rotatable bonds is 7. The Morgan fingerprint density at radius 3 is 2.21 bits per heavy atom. The van der Waals surface area contributed by atoms with Crippen LogP contribution in [0.3, 0.4) is 0 Å². The van der Waals surface area contributed by atoms with Gasteiger partial charge in [-0.3, -0.25) is 24.1 Å². The monoisotopic (exact) mass is 473 g/mol. The molecule has 8 heteroatoms. The molecule has 3 aromatic rings. The number of benzene rings is 3. The zero-order chi connectivity index (χ0) is 24.2. The molecule has 1 aliphatic heterocycles. The van der Waals surface area contributed by atoms with Gasteiger partial charge in [0.25, 0.3) is 17.7 Å². The molecule has 0 unspecified atom stereocenters. The third-order valence-corrected chi connectivity index (χ3v) is 5.59. The topological polar surface area (TPSA) is 95.6 Å². The first kappa shape index (κ1) is 22.9. The molecule has 2 N–H and O–H groups in total. The van der Waals surface area contributed by atoms with Gasteiger partial charge in [-0.1, -0.05) is 54.1 Å². The van der Waals surface area contributed by atoms with Crippen LogP contribution in [0, 0.1) is 0 Å². The lowest BCUT2D eigenvalue weighted by Crippen LogP contribution is -2.31. The minimum atomic E-state index is -0.568. The van der Waals surface area contributed by atoms with Crippen molar-refractivity contribution in [2.24, 2.45) is 0 Å². The van der Waals surface area contributed by atoms with Crippen molar-refractivity contribution in [3.63, 3.8) is 0 Å². The summed E-state index contributed by atoms with van der Waals surface area (Å²) in [5.41, 5.74) is 2.66. The summed E-state index contributed by atoms with van der Waals surface area (Å²) in [6.45, 7) is 1.57. The Balaban J connectivity index is 1.43. The SMILES string of the molecule is CC(=O)c1cccc(NC(=O)c2ccc(NC3=C(Cl)C(=O)N(Cc4ccccc4)C3=O)cc2)c1. The highest BCUT2D eigenvalue weighted by Gasteiger charge is 2.37. The Morgan fingerprint density at radius 1 is 0.824 bits per heavy atom. The lowest BCUT2D eigenvalue weighted by Gasteiger charge is -2.15. The number of carbonyl (C=O) groups excluding carboxylic acids is 4. The maximum Gasteiger partial charge on any atom is 0.279 e. The summed E-state index contributed by atoms with van der Waals surface area (Å²) in [7, 11) is 0. The molecule has 3 aromatic carbocycles. The molecule has 0 saturated carbocycles. The second-order valence-corrected chi connectivity index (χ2v) is 8.04. The van der Waals surface area contributed by atoms with Crippen molar-refractivity contribution < 1.29 is 19.2 Å². The molecular formula is C26H20ClN3O4. The van der Waals surface area contributed by atoms with Crippen LogP contribution in [0.15, 0.2) is 89.6 Å². The average Bonchev–Trinajstić information content (AvgIpc) is 3.03. The standard InChI is InChI=1S/C26H20ClN3O4/c1-16(31)19-8-5-9-21(14-19)29-24(32)18-10-12-20(13-11-18)28-23-22(27)25(33)30(26(23)34)15-17-6-3-2-4-7-17/h2-14,28H,15H2,1H3,(H,29,32). The Morgan fingerprint density at radius 2 is 1.53 bits per heavy atom. The summed E-state index contributed by atoms with van der Waals surface area (Å²) in [5.74, 6) is -1.54. The van der Waals surface area contributed by atoms with Gasteiger partial charge in [-0.25, -0.2) is 0 Å². The molecule has 4 rings (SSSR count).